The number of furan rings is 1. The van der Waals surface area contributed by atoms with Gasteiger partial charge in [-0.3, -0.25) is 0 Å². The maximum Gasteiger partial charge on any atom is 0.135 e. The van der Waals surface area contributed by atoms with Crippen LogP contribution in [0.25, 0.3) is 22.3 Å². The minimum atomic E-state index is 0.911. The molecule has 0 aliphatic heterocycles. The van der Waals surface area contributed by atoms with Gasteiger partial charge < -0.3 is 4.42 Å². The largest absolute Gasteiger partial charge is 0.456 e. The van der Waals surface area contributed by atoms with Crippen molar-refractivity contribution in [2.45, 2.75) is 0 Å². The first-order valence-corrected chi connectivity index (χ1v) is 5.87. The van der Waals surface area contributed by atoms with Crippen LogP contribution in [0.4, 0.5) is 0 Å². The van der Waals surface area contributed by atoms with Crippen LogP contribution in [0.1, 0.15) is 0 Å². The molecule has 0 fully saturated rings. The first-order valence-electron chi connectivity index (χ1n) is 5.07. The molecule has 0 saturated heterocycles. The van der Waals surface area contributed by atoms with Gasteiger partial charge in [0.05, 0.1) is 0 Å². The molecule has 0 aliphatic rings. The molecule has 1 aromatic heterocycles. The highest BCUT2D eigenvalue weighted by molar-refractivity contribution is 9.10. The third-order valence-corrected chi connectivity index (χ3v) is 3.03. The zero-order valence-corrected chi connectivity index (χ0v) is 10.1. The summed E-state index contributed by atoms with van der Waals surface area (Å²) in [6, 6.07) is 18.2. The third kappa shape index (κ3) is 1.65. The zero-order chi connectivity index (χ0) is 11.0. The van der Waals surface area contributed by atoms with Gasteiger partial charge in [0, 0.05) is 15.4 Å². The molecule has 0 atom stereocenters. The molecule has 16 heavy (non-hydrogen) atoms. The number of hydrogen-bond donors (Lipinski definition) is 0. The molecule has 0 aliphatic carbocycles. The highest BCUT2D eigenvalue weighted by atomic mass is 79.9. The van der Waals surface area contributed by atoms with Crippen molar-refractivity contribution >= 4 is 26.9 Å². The Kier molecular flexibility index (Phi) is 2.29. The summed E-state index contributed by atoms with van der Waals surface area (Å²) in [5.41, 5.74) is 2.02. The summed E-state index contributed by atoms with van der Waals surface area (Å²) >= 11 is 3.46. The Labute approximate surface area is 102 Å². The maximum atomic E-state index is 5.79. The molecule has 3 aromatic rings. The molecule has 2 heteroatoms. The van der Waals surface area contributed by atoms with E-state index in [1.807, 2.05) is 42.5 Å². The molecule has 2 aromatic carbocycles. The molecular weight excluding hydrogens is 264 g/mol. The lowest BCUT2D eigenvalue weighted by atomic mass is 10.1. The number of halogens is 1. The minimum Gasteiger partial charge on any atom is -0.456 e. The number of fused-ring (bicyclic) bond motifs is 1. The predicted molar refractivity (Wildman–Crippen MR) is 69.4 cm³/mol. The topological polar surface area (TPSA) is 13.1 Å². The summed E-state index contributed by atoms with van der Waals surface area (Å²) in [7, 11) is 0. The van der Waals surface area contributed by atoms with E-state index in [-0.39, 0.29) is 0 Å². The Balaban J connectivity index is 2.19. The molecule has 3 rings (SSSR count). The van der Waals surface area contributed by atoms with E-state index in [0.29, 0.717) is 0 Å². The summed E-state index contributed by atoms with van der Waals surface area (Å²) < 4.78 is 6.86. The molecule has 0 amide bonds. The molecule has 1 heterocycles. The average Bonchev–Trinajstić information content (AvgIpc) is 2.73. The van der Waals surface area contributed by atoms with Crippen LogP contribution >= 0.6 is 15.9 Å². The van der Waals surface area contributed by atoms with E-state index in [2.05, 4.69) is 28.1 Å². The third-order valence-electron chi connectivity index (χ3n) is 2.54. The second-order valence-corrected chi connectivity index (χ2v) is 4.57. The van der Waals surface area contributed by atoms with E-state index in [1.54, 1.807) is 0 Å². The van der Waals surface area contributed by atoms with E-state index < -0.39 is 0 Å². The molecule has 1 nitrogen and oxygen atoms in total. The van der Waals surface area contributed by atoms with Crippen LogP contribution in [0.15, 0.2) is 63.5 Å². The Bertz CT molecular complexity index is 626. The summed E-state index contributed by atoms with van der Waals surface area (Å²) in [5.74, 6) is 0.911. The van der Waals surface area contributed by atoms with Crippen LogP contribution in [0.3, 0.4) is 0 Å². The molecule has 78 valence electrons. The molecule has 0 saturated carbocycles. The average molecular weight is 273 g/mol. The quantitative estimate of drug-likeness (QED) is 0.617. The number of hydrogen-bond acceptors (Lipinski definition) is 1. The Morgan fingerprint density at radius 1 is 0.875 bits per heavy atom. The fraction of sp³-hybridized carbons (Fsp3) is 0. The number of rotatable bonds is 1. The lowest BCUT2D eigenvalue weighted by Gasteiger charge is -1.93. The molecule has 0 bridgehead atoms. The highest BCUT2D eigenvalue weighted by Gasteiger charge is 2.05. The van der Waals surface area contributed by atoms with Crippen LogP contribution < -0.4 is 0 Å². The van der Waals surface area contributed by atoms with E-state index in [1.165, 1.54) is 0 Å². The first-order chi connectivity index (χ1) is 7.83. The smallest absolute Gasteiger partial charge is 0.135 e. The lowest BCUT2D eigenvalue weighted by molar-refractivity contribution is 0.631. The Morgan fingerprint density at radius 2 is 1.69 bits per heavy atom. The van der Waals surface area contributed by atoms with Crippen molar-refractivity contribution in [3.8, 4) is 11.3 Å². The van der Waals surface area contributed by atoms with Crippen molar-refractivity contribution in [1.82, 2.24) is 0 Å². The highest BCUT2D eigenvalue weighted by Crippen LogP contribution is 2.29. The monoisotopic (exact) mass is 272 g/mol. The minimum absolute atomic E-state index is 0.911. The van der Waals surface area contributed by atoms with Gasteiger partial charge in [-0.1, -0.05) is 46.3 Å². The molecule has 0 spiro atoms. The molecule has 0 unspecified atom stereocenters. The lowest BCUT2D eigenvalue weighted by Crippen LogP contribution is -1.69. The van der Waals surface area contributed by atoms with Crippen LogP contribution in [-0.2, 0) is 0 Å². The van der Waals surface area contributed by atoms with Crippen molar-refractivity contribution < 1.29 is 4.42 Å². The fourth-order valence-corrected chi connectivity index (χ4v) is 2.14. The summed E-state index contributed by atoms with van der Waals surface area (Å²) in [5, 5.41) is 1.12. The summed E-state index contributed by atoms with van der Waals surface area (Å²) in [6.07, 6.45) is 0. The van der Waals surface area contributed by atoms with Gasteiger partial charge in [-0.25, -0.2) is 0 Å². The van der Waals surface area contributed by atoms with Gasteiger partial charge in [0.1, 0.15) is 11.3 Å². The summed E-state index contributed by atoms with van der Waals surface area (Å²) in [6.45, 7) is 0. The van der Waals surface area contributed by atoms with E-state index in [9.17, 15) is 0 Å². The van der Waals surface area contributed by atoms with Crippen molar-refractivity contribution in [1.29, 1.82) is 0 Å². The fourth-order valence-electron chi connectivity index (χ4n) is 1.76. The van der Waals surface area contributed by atoms with Crippen molar-refractivity contribution in [2.24, 2.45) is 0 Å². The van der Waals surface area contributed by atoms with Crippen molar-refractivity contribution in [3.63, 3.8) is 0 Å². The van der Waals surface area contributed by atoms with Gasteiger partial charge in [-0.2, -0.15) is 0 Å². The van der Waals surface area contributed by atoms with Crippen molar-refractivity contribution in [3.05, 3.63) is 59.1 Å². The van der Waals surface area contributed by atoms with E-state index in [4.69, 9.17) is 4.42 Å². The van der Waals surface area contributed by atoms with Crippen LogP contribution in [0.5, 0.6) is 0 Å². The van der Waals surface area contributed by atoms with Crippen molar-refractivity contribution in [2.75, 3.05) is 0 Å². The maximum absolute atomic E-state index is 5.79. The Hall–Kier alpha value is -1.54. The molecule has 0 N–H and O–H groups in total. The predicted octanol–water partition coefficient (Wildman–Crippen LogP) is 4.86. The summed E-state index contributed by atoms with van der Waals surface area (Å²) in [4.78, 5) is 0. The number of benzene rings is 2. The molecular formula is C14H9BrO. The van der Waals surface area contributed by atoms with Gasteiger partial charge in [0.2, 0.25) is 0 Å². The Morgan fingerprint density at radius 3 is 2.50 bits per heavy atom. The SMILES string of the molecule is Brc1ccc2oc(-c3ccccc3)cc2c1. The van der Waals surface area contributed by atoms with Crippen LogP contribution in [0.2, 0.25) is 0 Å². The van der Waals surface area contributed by atoms with Gasteiger partial charge in [-0.05, 0) is 24.3 Å². The second-order valence-electron chi connectivity index (χ2n) is 3.66. The normalized spacial score (nSPS) is 10.8. The van der Waals surface area contributed by atoms with Crippen LogP contribution in [-0.4, -0.2) is 0 Å². The van der Waals surface area contributed by atoms with Gasteiger partial charge in [0.15, 0.2) is 0 Å². The standard InChI is InChI=1S/C14H9BrO/c15-12-6-7-13-11(8-12)9-14(16-13)10-4-2-1-3-5-10/h1-9H. The van der Waals surface area contributed by atoms with Gasteiger partial charge >= 0.3 is 0 Å². The van der Waals surface area contributed by atoms with Gasteiger partial charge in [0.25, 0.3) is 0 Å². The zero-order valence-electron chi connectivity index (χ0n) is 8.48. The first kappa shape index (κ1) is 9.67. The molecule has 0 radical (unpaired) electrons. The van der Waals surface area contributed by atoms with E-state index >= 15 is 0 Å². The van der Waals surface area contributed by atoms with E-state index in [0.717, 1.165) is 26.8 Å². The second kappa shape index (κ2) is 3.80. The van der Waals surface area contributed by atoms with Gasteiger partial charge in [-0.15, -0.1) is 0 Å². The van der Waals surface area contributed by atoms with Crippen LogP contribution in [0, 0.1) is 0 Å².